The molecule has 156 valence electrons. The maximum atomic E-state index is 13.5. The van der Waals surface area contributed by atoms with E-state index in [1.807, 2.05) is 42.5 Å². The maximum Gasteiger partial charge on any atom is 0.161 e. The highest BCUT2D eigenvalue weighted by atomic mass is 19.2. The zero-order valence-corrected chi connectivity index (χ0v) is 16.8. The first-order valence-corrected chi connectivity index (χ1v) is 10.0. The van der Waals surface area contributed by atoms with E-state index in [2.05, 4.69) is 10.9 Å². The van der Waals surface area contributed by atoms with Gasteiger partial charge in [-0.2, -0.15) is 0 Å². The molecule has 0 fully saturated rings. The summed E-state index contributed by atoms with van der Waals surface area (Å²) in [7, 11) is 0. The van der Waals surface area contributed by atoms with Crippen LogP contribution in [-0.2, 0) is 6.61 Å². The van der Waals surface area contributed by atoms with Crippen molar-refractivity contribution in [1.82, 2.24) is 4.98 Å². The van der Waals surface area contributed by atoms with E-state index in [0.717, 1.165) is 28.8 Å². The first-order valence-electron chi connectivity index (χ1n) is 10.0. The quantitative estimate of drug-likeness (QED) is 0.423. The van der Waals surface area contributed by atoms with Gasteiger partial charge in [0.2, 0.25) is 0 Å². The lowest BCUT2D eigenvalue weighted by Gasteiger charge is -2.14. The predicted molar refractivity (Wildman–Crippen MR) is 120 cm³/mol. The molecular weight excluding hydrogens is 408 g/mol. The first kappa shape index (κ1) is 19.9. The largest absolute Gasteiger partial charge is 0.488 e. The molecule has 4 aromatic rings. The molecule has 2 heterocycles. The Balaban J connectivity index is 1.48. The zero-order valence-electron chi connectivity index (χ0n) is 16.8. The highest BCUT2D eigenvalue weighted by Crippen LogP contribution is 2.37. The minimum absolute atomic E-state index is 0.285. The van der Waals surface area contributed by atoms with Gasteiger partial charge in [-0.25, -0.2) is 13.8 Å². The van der Waals surface area contributed by atoms with E-state index >= 15 is 0 Å². The van der Waals surface area contributed by atoms with Crippen LogP contribution in [0.2, 0.25) is 0 Å². The van der Waals surface area contributed by atoms with Gasteiger partial charge in [-0.15, -0.1) is 6.42 Å². The summed E-state index contributed by atoms with van der Waals surface area (Å²) < 4.78 is 32.8. The van der Waals surface area contributed by atoms with E-state index in [9.17, 15) is 13.9 Å². The zero-order chi connectivity index (χ0) is 22.2. The van der Waals surface area contributed by atoms with Crippen molar-refractivity contribution in [1.29, 1.82) is 0 Å². The lowest BCUT2D eigenvalue weighted by atomic mass is 9.93. The van der Waals surface area contributed by atoms with Crippen molar-refractivity contribution >= 4 is 23.1 Å². The smallest absolute Gasteiger partial charge is 0.161 e. The number of hydrogen-bond donors (Lipinski definition) is 1. The number of hydrogen-bond acceptors (Lipinski definition) is 3. The van der Waals surface area contributed by atoms with Crippen molar-refractivity contribution in [2.24, 2.45) is 0 Å². The van der Waals surface area contributed by atoms with Gasteiger partial charge in [0.25, 0.3) is 0 Å². The van der Waals surface area contributed by atoms with Crippen molar-refractivity contribution in [3.05, 3.63) is 106 Å². The van der Waals surface area contributed by atoms with Crippen LogP contribution in [0.15, 0.2) is 60.7 Å². The molecule has 1 unspecified atom stereocenters. The Morgan fingerprint density at radius 2 is 1.84 bits per heavy atom. The average molecular weight is 425 g/mol. The van der Waals surface area contributed by atoms with Crippen molar-refractivity contribution < 1.29 is 18.6 Å². The van der Waals surface area contributed by atoms with Crippen LogP contribution in [0.25, 0.3) is 23.1 Å². The summed E-state index contributed by atoms with van der Waals surface area (Å²) in [5.41, 5.74) is 4.68. The van der Waals surface area contributed by atoms with E-state index in [4.69, 9.17) is 11.2 Å². The summed E-state index contributed by atoms with van der Waals surface area (Å²) in [6.07, 6.45) is 8.34. The fraction of sp³-hybridized carbons (Fsp3) is 0.0741. The van der Waals surface area contributed by atoms with Crippen molar-refractivity contribution in [3.8, 4) is 18.1 Å². The Morgan fingerprint density at radius 3 is 2.69 bits per heavy atom. The van der Waals surface area contributed by atoms with Crippen LogP contribution in [0, 0.1) is 24.0 Å². The van der Waals surface area contributed by atoms with Crippen molar-refractivity contribution in [2.45, 2.75) is 12.7 Å². The molecular formula is C27H17F2NO2. The third kappa shape index (κ3) is 3.51. The number of aliphatic hydroxyl groups excluding tert-OH is 1. The number of rotatable bonds is 2. The van der Waals surface area contributed by atoms with E-state index in [1.165, 1.54) is 0 Å². The van der Waals surface area contributed by atoms with Gasteiger partial charge >= 0.3 is 0 Å². The molecule has 1 aliphatic heterocycles. The average Bonchev–Trinajstić information content (AvgIpc) is 2.95. The summed E-state index contributed by atoms with van der Waals surface area (Å²) in [6.45, 7) is 0.285. The highest BCUT2D eigenvalue weighted by Gasteiger charge is 2.24. The van der Waals surface area contributed by atoms with Gasteiger partial charge in [0.05, 0.1) is 11.2 Å². The van der Waals surface area contributed by atoms with Crippen LogP contribution in [0.5, 0.6) is 5.75 Å². The van der Waals surface area contributed by atoms with E-state index in [1.54, 1.807) is 18.2 Å². The molecule has 0 aliphatic carbocycles. The Bertz CT molecular complexity index is 1440. The maximum absolute atomic E-state index is 13.5. The SMILES string of the molecule is C#Cc1cccc2c1COc1ccc(/C=C/c3ccc4cc(F)c(F)cc4n3)cc1C2O. The van der Waals surface area contributed by atoms with Crippen LogP contribution in [0.1, 0.15) is 39.6 Å². The molecule has 0 saturated heterocycles. The monoisotopic (exact) mass is 425 g/mol. The molecule has 1 atom stereocenters. The number of pyridine rings is 1. The minimum Gasteiger partial charge on any atom is -0.488 e. The molecule has 1 aliphatic rings. The van der Waals surface area contributed by atoms with Gasteiger partial charge in [0, 0.05) is 28.1 Å². The molecule has 1 aromatic heterocycles. The molecule has 0 amide bonds. The number of ether oxygens (including phenoxy) is 1. The van der Waals surface area contributed by atoms with Gasteiger partial charge < -0.3 is 9.84 Å². The van der Waals surface area contributed by atoms with Gasteiger partial charge in [-0.1, -0.05) is 36.3 Å². The predicted octanol–water partition coefficient (Wildman–Crippen LogP) is 5.64. The Morgan fingerprint density at radius 1 is 1.00 bits per heavy atom. The molecule has 0 spiro atoms. The number of fused-ring (bicyclic) bond motifs is 3. The Hall–Kier alpha value is -4.01. The number of halogens is 2. The summed E-state index contributed by atoms with van der Waals surface area (Å²) >= 11 is 0. The van der Waals surface area contributed by atoms with Crippen LogP contribution >= 0.6 is 0 Å². The first-order chi connectivity index (χ1) is 15.5. The molecule has 3 aromatic carbocycles. The second-order valence-electron chi connectivity index (χ2n) is 7.53. The minimum atomic E-state index is -0.931. The van der Waals surface area contributed by atoms with Crippen LogP contribution < -0.4 is 4.74 Å². The molecule has 5 heteroatoms. The molecule has 1 N–H and O–H groups in total. The standard InChI is InChI=1S/C27H17F2NO2/c1-2-17-4-3-5-20-22(17)15-32-26-11-7-16(12-21(26)27(20)31)6-9-19-10-8-18-13-23(28)24(29)14-25(18)30-19/h1,3-14,27,31H,15H2/b9-6+. The summed E-state index contributed by atoms with van der Waals surface area (Å²) in [6, 6.07) is 16.7. The third-order valence-electron chi connectivity index (χ3n) is 5.56. The lowest BCUT2D eigenvalue weighted by Crippen LogP contribution is -2.03. The second kappa shape index (κ2) is 7.92. The van der Waals surface area contributed by atoms with Gasteiger partial charge in [0.15, 0.2) is 11.6 Å². The topological polar surface area (TPSA) is 42.4 Å². The Labute approximate surface area is 183 Å². The van der Waals surface area contributed by atoms with E-state index in [-0.39, 0.29) is 6.61 Å². The summed E-state index contributed by atoms with van der Waals surface area (Å²) in [5, 5.41) is 11.6. The van der Waals surface area contributed by atoms with Gasteiger partial charge in [0.1, 0.15) is 18.5 Å². The Kier molecular flexibility index (Phi) is 4.93. The molecule has 0 radical (unpaired) electrons. The summed E-state index contributed by atoms with van der Waals surface area (Å²) in [5.74, 6) is 1.41. The number of aromatic nitrogens is 1. The number of nitrogens with zero attached hydrogens (tertiary/aromatic N) is 1. The number of terminal acetylenes is 1. The van der Waals surface area contributed by atoms with E-state index < -0.39 is 17.7 Å². The van der Waals surface area contributed by atoms with Crippen molar-refractivity contribution in [2.75, 3.05) is 0 Å². The second-order valence-corrected chi connectivity index (χ2v) is 7.53. The number of aliphatic hydroxyl groups is 1. The molecule has 32 heavy (non-hydrogen) atoms. The normalized spacial score (nSPS) is 15.0. The summed E-state index contributed by atoms with van der Waals surface area (Å²) in [4.78, 5) is 4.37. The molecule has 0 saturated carbocycles. The van der Waals surface area contributed by atoms with Gasteiger partial charge in [-0.05, 0) is 47.5 Å². The van der Waals surface area contributed by atoms with Gasteiger partial charge in [-0.3, -0.25) is 0 Å². The van der Waals surface area contributed by atoms with Crippen LogP contribution in [0.3, 0.4) is 0 Å². The third-order valence-corrected chi connectivity index (χ3v) is 5.56. The van der Waals surface area contributed by atoms with E-state index in [0.29, 0.717) is 33.5 Å². The van der Waals surface area contributed by atoms with Crippen LogP contribution in [-0.4, -0.2) is 10.1 Å². The number of benzene rings is 3. The van der Waals surface area contributed by atoms with Crippen LogP contribution in [0.4, 0.5) is 8.78 Å². The van der Waals surface area contributed by atoms with Crippen molar-refractivity contribution in [3.63, 3.8) is 0 Å². The fourth-order valence-corrected chi connectivity index (χ4v) is 3.90. The fourth-order valence-electron chi connectivity index (χ4n) is 3.90. The molecule has 5 rings (SSSR count). The highest BCUT2D eigenvalue weighted by molar-refractivity contribution is 5.81. The molecule has 3 nitrogen and oxygen atoms in total. The lowest BCUT2D eigenvalue weighted by molar-refractivity contribution is 0.218. The molecule has 0 bridgehead atoms.